The summed E-state index contributed by atoms with van der Waals surface area (Å²) < 4.78 is 3.35. The summed E-state index contributed by atoms with van der Waals surface area (Å²) in [4.78, 5) is 0. The first kappa shape index (κ1) is 16.4. The van der Waals surface area contributed by atoms with Crippen LogP contribution in [0.1, 0.15) is 17.2 Å². The molecule has 4 heterocycles. The zero-order valence-electron chi connectivity index (χ0n) is 14.0. The molecule has 4 rings (SSSR count). The van der Waals surface area contributed by atoms with Gasteiger partial charge in [-0.05, 0) is 36.2 Å². The highest BCUT2D eigenvalue weighted by atomic mass is 16.3. The van der Waals surface area contributed by atoms with E-state index in [1.165, 1.54) is 0 Å². The lowest BCUT2D eigenvalue weighted by molar-refractivity contribution is 0.104. The molecule has 8 nitrogen and oxygen atoms in total. The van der Waals surface area contributed by atoms with Crippen molar-refractivity contribution in [3.63, 3.8) is 0 Å². The molecular weight excluding hydrogens is 332 g/mol. The average molecular weight is 352 g/mol. The van der Waals surface area contributed by atoms with Crippen LogP contribution in [0.15, 0.2) is 48.9 Å². The number of aliphatic hydroxyl groups excluding tert-OH is 2. The number of pyridine rings is 2. The van der Waals surface area contributed by atoms with Crippen LogP contribution in [-0.4, -0.2) is 42.2 Å². The third kappa shape index (κ3) is 2.65. The molecule has 134 valence electrons. The van der Waals surface area contributed by atoms with Crippen molar-refractivity contribution in [2.75, 3.05) is 18.1 Å². The van der Waals surface area contributed by atoms with Gasteiger partial charge >= 0.3 is 0 Å². The van der Waals surface area contributed by atoms with Crippen molar-refractivity contribution in [1.29, 1.82) is 0 Å². The van der Waals surface area contributed by atoms with Crippen molar-refractivity contribution in [2.24, 2.45) is 0 Å². The van der Waals surface area contributed by atoms with E-state index in [4.69, 9.17) is 11.5 Å². The highest BCUT2D eigenvalue weighted by Gasteiger charge is 2.24. The number of nitrogen functional groups attached to an aromatic ring is 2. The monoisotopic (exact) mass is 352 g/mol. The van der Waals surface area contributed by atoms with Crippen molar-refractivity contribution in [1.82, 2.24) is 19.2 Å². The van der Waals surface area contributed by atoms with Crippen LogP contribution in [0.3, 0.4) is 0 Å². The predicted octanol–water partition coefficient (Wildman–Crippen LogP) is 0.826. The summed E-state index contributed by atoms with van der Waals surface area (Å²) in [7, 11) is 0. The SMILES string of the molecule is Nc1cnn2ccc(CC(O)C(CO)c3cccc4c(N)cnn34)cc12. The molecule has 26 heavy (non-hydrogen) atoms. The fourth-order valence-electron chi connectivity index (χ4n) is 3.30. The van der Waals surface area contributed by atoms with Crippen LogP contribution in [0.5, 0.6) is 0 Å². The maximum atomic E-state index is 10.8. The summed E-state index contributed by atoms with van der Waals surface area (Å²) in [5.74, 6) is -0.503. The van der Waals surface area contributed by atoms with Crippen LogP contribution in [0.4, 0.5) is 11.4 Å². The lowest BCUT2D eigenvalue weighted by Crippen LogP contribution is -2.26. The first-order valence-corrected chi connectivity index (χ1v) is 8.31. The van der Waals surface area contributed by atoms with Gasteiger partial charge in [0.15, 0.2) is 0 Å². The van der Waals surface area contributed by atoms with Crippen molar-refractivity contribution in [3.05, 3.63) is 60.2 Å². The van der Waals surface area contributed by atoms with Crippen LogP contribution in [0.25, 0.3) is 11.0 Å². The van der Waals surface area contributed by atoms with Crippen LogP contribution in [-0.2, 0) is 6.42 Å². The number of fused-ring (bicyclic) bond motifs is 2. The summed E-state index contributed by atoms with van der Waals surface area (Å²) in [6.45, 7) is -0.211. The van der Waals surface area contributed by atoms with E-state index < -0.39 is 12.0 Å². The zero-order valence-corrected chi connectivity index (χ0v) is 14.0. The Kier molecular flexibility index (Phi) is 3.98. The largest absolute Gasteiger partial charge is 0.396 e. The van der Waals surface area contributed by atoms with Gasteiger partial charge in [-0.1, -0.05) is 6.07 Å². The molecule has 0 aromatic carbocycles. The summed E-state index contributed by atoms with van der Waals surface area (Å²) in [6, 6.07) is 9.30. The number of rotatable bonds is 5. The predicted molar refractivity (Wildman–Crippen MR) is 98.7 cm³/mol. The number of hydrogen-bond acceptors (Lipinski definition) is 6. The number of aromatic nitrogens is 4. The Bertz CT molecular complexity index is 1070. The van der Waals surface area contributed by atoms with Gasteiger partial charge in [0.05, 0.1) is 59.1 Å². The molecule has 0 spiro atoms. The molecule has 0 amide bonds. The highest BCUT2D eigenvalue weighted by Crippen LogP contribution is 2.25. The molecule has 4 aromatic heterocycles. The average Bonchev–Trinajstić information content (AvgIpc) is 3.20. The van der Waals surface area contributed by atoms with Gasteiger partial charge in [-0.3, -0.25) is 0 Å². The second kappa shape index (κ2) is 6.32. The van der Waals surface area contributed by atoms with E-state index in [0.29, 0.717) is 23.5 Å². The van der Waals surface area contributed by atoms with Gasteiger partial charge in [0.1, 0.15) is 0 Å². The standard InChI is InChI=1S/C18H20N6O2/c19-13-9-22-24-15(2-1-3-16(13)24)12(10-25)18(26)7-11-4-5-23-17(6-11)14(20)8-21-23/h1-6,8-9,12,18,25-26H,7,10,19-20H2. The van der Waals surface area contributed by atoms with Gasteiger partial charge in [0, 0.05) is 6.20 Å². The molecule has 2 unspecified atom stereocenters. The molecule has 0 radical (unpaired) electrons. The molecule has 0 saturated carbocycles. The maximum absolute atomic E-state index is 10.8. The van der Waals surface area contributed by atoms with Gasteiger partial charge in [0.25, 0.3) is 0 Å². The fourth-order valence-corrected chi connectivity index (χ4v) is 3.30. The topological polar surface area (TPSA) is 127 Å². The second-order valence-electron chi connectivity index (χ2n) is 6.37. The number of aliphatic hydroxyl groups is 2. The number of anilines is 2. The Morgan fingerprint density at radius 2 is 1.81 bits per heavy atom. The number of hydrogen-bond donors (Lipinski definition) is 4. The van der Waals surface area contributed by atoms with Crippen molar-refractivity contribution in [3.8, 4) is 0 Å². The molecule has 6 N–H and O–H groups in total. The van der Waals surface area contributed by atoms with E-state index in [1.807, 2.05) is 30.3 Å². The molecule has 4 aromatic rings. The van der Waals surface area contributed by atoms with E-state index in [9.17, 15) is 10.2 Å². The quantitative estimate of drug-likeness (QED) is 0.421. The molecule has 0 bridgehead atoms. The minimum Gasteiger partial charge on any atom is -0.396 e. The van der Waals surface area contributed by atoms with Crippen LogP contribution in [0.2, 0.25) is 0 Å². The van der Waals surface area contributed by atoms with E-state index in [1.54, 1.807) is 27.6 Å². The first-order chi connectivity index (χ1) is 12.6. The summed E-state index contributed by atoms with van der Waals surface area (Å²) in [5, 5.41) is 29.1. The molecular formula is C18H20N6O2. The minimum absolute atomic E-state index is 0.211. The normalized spacial score (nSPS) is 14.1. The van der Waals surface area contributed by atoms with E-state index in [-0.39, 0.29) is 6.61 Å². The molecule has 0 aliphatic heterocycles. The zero-order chi connectivity index (χ0) is 18.3. The summed E-state index contributed by atoms with van der Waals surface area (Å²) >= 11 is 0. The van der Waals surface area contributed by atoms with Gasteiger partial charge in [-0.2, -0.15) is 10.2 Å². The van der Waals surface area contributed by atoms with Gasteiger partial charge in [-0.25, -0.2) is 9.03 Å². The Morgan fingerprint density at radius 3 is 2.62 bits per heavy atom. The van der Waals surface area contributed by atoms with Gasteiger partial charge < -0.3 is 21.7 Å². The lowest BCUT2D eigenvalue weighted by atomic mass is 9.93. The Balaban J connectivity index is 1.65. The van der Waals surface area contributed by atoms with Gasteiger partial charge in [-0.15, -0.1) is 0 Å². The second-order valence-corrected chi connectivity index (χ2v) is 6.37. The summed E-state index contributed by atoms with van der Waals surface area (Å²) in [6.07, 6.45) is 4.52. The van der Waals surface area contributed by atoms with Crippen LogP contribution in [0, 0.1) is 0 Å². The molecule has 0 fully saturated rings. The van der Waals surface area contributed by atoms with E-state index >= 15 is 0 Å². The number of nitrogens with zero attached hydrogens (tertiary/aromatic N) is 4. The number of nitrogens with two attached hydrogens (primary N) is 2. The molecule has 8 heteroatoms. The highest BCUT2D eigenvalue weighted by molar-refractivity contribution is 5.69. The van der Waals surface area contributed by atoms with E-state index in [2.05, 4.69) is 10.2 Å². The first-order valence-electron chi connectivity index (χ1n) is 8.31. The third-order valence-corrected chi connectivity index (χ3v) is 4.70. The van der Waals surface area contributed by atoms with Crippen LogP contribution >= 0.6 is 0 Å². The van der Waals surface area contributed by atoms with E-state index in [0.717, 1.165) is 16.6 Å². The van der Waals surface area contributed by atoms with Crippen molar-refractivity contribution in [2.45, 2.75) is 18.4 Å². The molecule has 0 aliphatic rings. The van der Waals surface area contributed by atoms with Crippen LogP contribution < -0.4 is 11.5 Å². The molecule has 0 saturated heterocycles. The Morgan fingerprint density at radius 1 is 1.04 bits per heavy atom. The molecule has 0 aliphatic carbocycles. The lowest BCUT2D eigenvalue weighted by Gasteiger charge is -2.22. The third-order valence-electron chi connectivity index (χ3n) is 4.70. The Hall–Kier alpha value is -3.10. The van der Waals surface area contributed by atoms with Gasteiger partial charge in [0.2, 0.25) is 0 Å². The Labute approximate surface area is 149 Å². The minimum atomic E-state index is -0.803. The summed E-state index contributed by atoms with van der Waals surface area (Å²) in [5.41, 5.74) is 16.1. The van der Waals surface area contributed by atoms with Crippen molar-refractivity contribution < 1.29 is 10.2 Å². The molecule has 2 atom stereocenters. The van der Waals surface area contributed by atoms with Crippen molar-refractivity contribution >= 4 is 22.4 Å². The maximum Gasteiger partial charge on any atom is 0.0894 e. The fraction of sp³-hybridized carbons (Fsp3) is 0.222. The smallest absolute Gasteiger partial charge is 0.0894 e.